The first-order chi connectivity index (χ1) is 6.20. The molecule has 1 nitrogen and oxygen atoms in total. The van der Waals surface area contributed by atoms with Gasteiger partial charge in [0.25, 0.3) is 0 Å². The van der Waals surface area contributed by atoms with E-state index in [0.717, 1.165) is 18.4 Å². The summed E-state index contributed by atoms with van der Waals surface area (Å²) in [7, 11) is 0. The maximum atomic E-state index is 9.58. The van der Waals surface area contributed by atoms with Gasteiger partial charge in [-0.1, -0.05) is 11.6 Å². The van der Waals surface area contributed by atoms with Gasteiger partial charge in [0.2, 0.25) is 0 Å². The monoisotopic (exact) mass is 260 g/mol. The van der Waals surface area contributed by atoms with Crippen molar-refractivity contribution in [1.29, 1.82) is 0 Å². The number of phenolic OH excluding ortho intramolecular Hbond substituents is 1. The molecule has 0 amide bonds. The van der Waals surface area contributed by atoms with Crippen molar-refractivity contribution in [2.24, 2.45) is 0 Å². The van der Waals surface area contributed by atoms with Gasteiger partial charge in [0, 0.05) is 0 Å². The van der Waals surface area contributed by atoms with Crippen LogP contribution in [0.4, 0.5) is 0 Å². The zero-order valence-corrected chi connectivity index (χ0v) is 9.45. The zero-order valence-electron chi connectivity index (χ0n) is 7.11. The lowest BCUT2D eigenvalue weighted by Crippen LogP contribution is -2.03. The van der Waals surface area contributed by atoms with E-state index in [2.05, 4.69) is 15.9 Å². The van der Waals surface area contributed by atoms with Crippen molar-refractivity contribution in [2.75, 3.05) is 0 Å². The Hall–Kier alpha value is -0.210. The van der Waals surface area contributed by atoms with E-state index >= 15 is 0 Å². The Morgan fingerprint density at radius 1 is 1.31 bits per heavy atom. The van der Waals surface area contributed by atoms with Crippen LogP contribution < -0.4 is 0 Å². The molecule has 0 fully saturated rings. The van der Waals surface area contributed by atoms with Crippen molar-refractivity contribution in [3.8, 4) is 5.75 Å². The second kappa shape index (κ2) is 3.50. The molecule has 13 heavy (non-hydrogen) atoms. The van der Waals surface area contributed by atoms with Gasteiger partial charge in [-0.15, -0.1) is 0 Å². The van der Waals surface area contributed by atoms with Crippen LogP contribution in [0.25, 0.3) is 0 Å². The van der Waals surface area contributed by atoms with Crippen LogP contribution in [0.3, 0.4) is 0 Å². The highest BCUT2D eigenvalue weighted by atomic mass is 79.9. The Bertz CT molecular complexity index is 349. The van der Waals surface area contributed by atoms with Gasteiger partial charge >= 0.3 is 0 Å². The van der Waals surface area contributed by atoms with E-state index in [9.17, 15) is 5.11 Å². The summed E-state index contributed by atoms with van der Waals surface area (Å²) in [5.41, 5.74) is 2.41. The molecular weight excluding hydrogens is 251 g/mol. The molecule has 0 saturated carbocycles. The normalized spacial score (nSPS) is 15.5. The van der Waals surface area contributed by atoms with Crippen molar-refractivity contribution in [2.45, 2.75) is 25.7 Å². The lowest BCUT2D eigenvalue weighted by Gasteiger charge is -2.18. The number of benzene rings is 1. The molecule has 1 aromatic carbocycles. The fraction of sp³-hybridized carbons (Fsp3) is 0.400. The lowest BCUT2D eigenvalue weighted by atomic mass is 9.91. The highest BCUT2D eigenvalue weighted by molar-refractivity contribution is 9.10. The minimum absolute atomic E-state index is 0.183. The number of hydrogen-bond acceptors (Lipinski definition) is 1. The van der Waals surface area contributed by atoms with Crippen molar-refractivity contribution >= 4 is 27.5 Å². The summed E-state index contributed by atoms with van der Waals surface area (Å²) in [5, 5.41) is 10.1. The van der Waals surface area contributed by atoms with Crippen LogP contribution in [-0.4, -0.2) is 5.11 Å². The van der Waals surface area contributed by atoms with E-state index in [0.29, 0.717) is 9.50 Å². The number of halogens is 2. The van der Waals surface area contributed by atoms with Crippen LogP contribution in [0.15, 0.2) is 10.5 Å². The van der Waals surface area contributed by atoms with Crippen molar-refractivity contribution in [3.63, 3.8) is 0 Å². The molecule has 1 N–H and O–H groups in total. The molecule has 1 aromatic rings. The number of phenols is 1. The number of aromatic hydroxyl groups is 1. The van der Waals surface area contributed by atoms with Crippen LogP contribution in [0, 0.1) is 0 Å². The maximum absolute atomic E-state index is 9.58. The standard InChI is InChI=1S/C10H10BrClO/c11-8-5-6-3-1-2-4-7(6)9(12)10(8)13/h5,13H,1-4H2. The van der Waals surface area contributed by atoms with Crippen LogP contribution in [-0.2, 0) is 12.8 Å². The smallest absolute Gasteiger partial charge is 0.148 e. The highest BCUT2D eigenvalue weighted by Crippen LogP contribution is 2.39. The van der Waals surface area contributed by atoms with Gasteiger partial charge in [-0.25, -0.2) is 0 Å². The second-order valence-electron chi connectivity index (χ2n) is 3.37. The van der Waals surface area contributed by atoms with Crippen molar-refractivity contribution in [1.82, 2.24) is 0 Å². The average molecular weight is 262 g/mol. The van der Waals surface area contributed by atoms with E-state index in [4.69, 9.17) is 11.6 Å². The maximum Gasteiger partial charge on any atom is 0.148 e. The van der Waals surface area contributed by atoms with Gasteiger partial charge in [0.05, 0.1) is 9.50 Å². The molecule has 2 rings (SSSR count). The SMILES string of the molecule is Oc1c(Br)cc2c(c1Cl)CCCC2. The number of hydrogen-bond donors (Lipinski definition) is 1. The van der Waals surface area contributed by atoms with Crippen LogP contribution in [0.5, 0.6) is 5.75 Å². The van der Waals surface area contributed by atoms with E-state index in [1.165, 1.54) is 18.4 Å². The van der Waals surface area contributed by atoms with Gasteiger partial charge in [-0.2, -0.15) is 0 Å². The molecule has 0 radical (unpaired) electrons. The van der Waals surface area contributed by atoms with E-state index in [-0.39, 0.29) is 5.75 Å². The molecule has 1 aliphatic rings. The van der Waals surface area contributed by atoms with E-state index < -0.39 is 0 Å². The summed E-state index contributed by atoms with van der Waals surface area (Å²) in [6, 6.07) is 1.98. The zero-order chi connectivity index (χ0) is 9.42. The molecule has 0 heterocycles. The van der Waals surface area contributed by atoms with Crippen molar-refractivity contribution in [3.05, 3.63) is 26.7 Å². The quantitative estimate of drug-likeness (QED) is 0.755. The Kier molecular flexibility index (Phi) is 2.52. The van der Waals surface area contributed by atoms with Crippen molar-refractivity contribution < 1.29 is 5.11 Å². The minimum Gasteiger partial charge on any atom is -0.505 e. The molecule has 0 unspecified atom stereocenters. The third kappa shape index (κ3) is 1.57. The van der Waals surface area contributed by atoms with Crippen LogP contribution >= 0.6 is 27.5 Å². The Morgan fingerprint density at radius 3 is 2.77 bits per heavy atom. The topological polar surface area (TPSA) is 20.2 Å². The summed E-state index contributed by atoms with van der Waals surface area (Å²) in [5.74, 6) is 0.183. The van der Waals surface area contributed by atoms with Gasteiger partial charge < -0.3 is 5.11 Å². The number of fused-ring (bicyclic) bond motifs is 1. The fourth-order valence-corrected chi connectivity index (χ4v) is 2.71. The van der Waals surface area contributed by atoms with E-state index in [1.807, 2.05) is 6.07 Å². The number of aryl methyl sites for hydroxylation is 1. The molecule has 0 saturated heterocycles. The molecule has 0 atom stereocenters. The molecule has 70 valence electrons. The largest absolute Gasteiger partial charge is 0.505 e. The Morgan fingerprint density at radius 2 is 2.00 bits per heavy atom. The summed E-state index contributed by atoms with van der Waals surface area (Å²) >= 11 is 9.33. The molecule has 3 heteroatoms. The molecule has 1 aliphatic carbocycles. The van der Waals surface area contributed by atoms with Gasteiger partial charge in [-0.05, 0) is 58.8 Å². The van der Waals surface area contributed by atoms with E-state index in [1.54, 1.807) is 0 Å². The molecular formula is C10H10BrClO. The highest BCUT2D eigenvalue weighted by Gasteiger charge is 2.17. The Labute approximate surface area is 90.9 Å². The molecule has 0 spiro atoms. The fourth-order valence-electron chi connectivity index (χ4n) is 1.81. The lowest BCUT2D eigenvalue weighted by molar-refractivity contribution is 0.470. The second-order valence-corrected chi connectivity index (χ2v) is 4.60. The first-order valence-corrected chi connectivity index (χ1v) is 5.56. The van der Waals surface area contributed by atoms with Gasteiger partial charge in [0.15, 0.2) is 0 Å². The van der Waals surface area contributed by atoms with Gasteiger partial charge in [0.1, 0.15) is 5.75 Å². The molecule has 0 aromatic heterocycles. The van der Waals surface area contributed by atoms with Gasteiger partial charge in [-0.3, -0.25) is 0 Å². The summed E-state index contributed by atoms with van der Waals surface area (Å²) in [6.45, 7) is 0. The molecule has 0 aliphatic heterocycles. The summed E-state index contributed by atoms with van der Waals surface area (Å²) in [6.07, 6.45) is 4.47. The molecule has 0 bridgehead atoms. The summed E-state index contributed by atoms with van der Waals surface area (Å²) in [4.78, 5) is 0. The predicted octanol–water partition coefficient (Wildman–Crippen LogP) is 3.69. The first-order valence-electron chi connectivity index (χ1n) is 4.39. The van der Waals surface area contributed by atoms with Crippen LogP contribution in [0.2, 0.25) is 5.02 Å². The predicted molar refractivity (Wildman–Crippen MR) is 57.5 cm³/mol. The third-order valence-electron chi connectivity index (χ3n) is 2.51. The first kappa shape index (κ1) is 9.35. The number of rotatable bonds is 0. The average Bonchev–Trinajstić information content (AvgIpc) is 2.15. The third-order valence-corrected chi connectivity index (χ3v) is 3.52. The summed E-state index contributed by atoms with van der Waals surface area (Å²) < 4.78 is 0.707. The minimum atomic E-state index is 0.183. The van der Waals surface area contributed by atoms with Crippen LogP contribution in [0.1, 0.15) is 24.0 Å². The Balaban J connectivity index is 2.60.